The van der Waals surface area contributed by atoms with Crippen LogP contribution in [0.3, 0.4) is 0 Å². The second-order valence-electron chi connectivity index (χ2n) is 4.83. The van der Waals surface area contributed by atoms with Gasteiger partial charge in [-0.2, -0.15) is 0 Å². The van der Waals surface area contributed by atoms with E-state index in [1.807, 2.05) is 0 Å². The Morgan fingerprint density at radius 2 is 1.16 bits per heavy atom. The monoisotopic (exact) mass is 290 g/mol. The maximum atomic E-state index is 10.1. The molecule has 0 aliphatic carbocycles. The van der Waals surface area contributed by atoms with Gasteiger partial charge >= 0.3 is 8.80 Å². The molecular weight excluding hydrogens is 260 g/mol. The van der Waals surface area contributed by atoms with E-state index in [1.165, 1.54) is 38.5 Å². The molecule has 0 aliphatic rings. The Labute approximate surface area is 119 Å². The van der Waals surface area contributed by atoms with Crippen molar-refractivity contribution in [1.29, 1.82) is 0 Å². The van der Waals surface area contributed by atoms with Crippen LogP contribution in [0.1, 0.15) is 57.8 Å². The Morgan fingerprint density at radius 1 is 0.737 bits per heavy atom. The number of hydrogen-bond donors (Lipinski definition) is 0. The zero-order chi connectivity index (χ0) is 14.4. The molecule has 0 aromatic carbocycles. The number of carbonyl (C=O) groups is 1. The molecule has 0 fully saturated rings. The van der Waals surface area contributed by atoms with Crippen LogP contribution in [0.15, 0.2) is 0 Å². The van der Waals surface area contributed by atoms with Crippen LogP contribution >= 0.6 is 0 Å². The summed E-state index contributed by atoms with van der Waals surface area (Å²) in [5.74, 6) is 0. The lowest BCUT2D eigenvalue weighted by Gasteiger charge is -2.24. The highest BCUT2D eigenvalue weighted by Gasteiger charge is 2.36. The summed E-state index contributed by atoms with van der Waals surface area (Å²) in [7, 11) is 2.65. The van der Waals surface area contributed by atoms with Gasteiger partial charge in [0.25, 0.3) is 0 Å². The molecule has 0 radical (unpaired) electrons. The summed E-state index contributed by atoms with van der Waals surface area (Å²) in [6.07, 6.45) is 11.3. The summed E-state index contributed by atoms with van der Waals surface area (Å²) in [6.45, 7) is 0. The quantitative estimate of drug-likeness (QED) is 0.279. The van der Waals surface area contributed by atoms with Gasteiger partial charge in [-0.3, -0.25) is 0 Å². The highest BCUT2D eigenvalue weighted by molar-refractivity contribution is 6.60. The van der Waals surface area contributed by atoms with Crippen LogP contribution in [0.2, 0.25) is 6.04 Å². The van der Waals surface area contributed by atoms with Gasteiger partial charge in [-0.15, -0.1) is 0 Å². The topological polar surface area (TPSA) is 44.8 Å². The lowest BCUT2D eigenvalue weighted by atomic mass is 10.1. The van der Waals surface area contributed by atoms with Gasteiger partial charge in [0.05, 0.1) is 0 Å². The van der Waals surface area contributed by atoms with Crippen LogP contribution in [0.25, 0.3) is 0 Å². The van der Waals surface area contributed by atoms with Crippen molar-refractivity contribution in [2.75, 3.05) is 21.3 Å². The highest BCUT2D eigenvalue weighted by Crippen LogP contribution is 2.18. The van der Waals surface area contributed by atoms with Crippen molar-refractivity contribution >= 4 is 15.1 Å². The molecule has 0 spiro atoms. The first kappa shape index (κ1) is 18.8. The van der Waals surface area contributed by atoms with Crippen LogP contribution in [-0.2, 0) is 18.1 Å². The Balaban J connectivity index is 3.37. The minimum Gasteiger partial charge on any atom is -0.377 e. The van der Waals surface area contributed by atoms with E-state index in [0.29, 0.717) is 0 Å². The first-order valence-corrected chi connectivity index (χ1v) is 9.27. The van der Waals surface area contributed by atoms with E-state index in [4.69, 9.17) is 13.3 Å². The average molecular weight is 290 g/mol. The molecule has 0 aliphatic heterocycles. The number of rotatable bonds is 14. The molecule has 0 atom stereocenters. The second-order valence-corrected chi connectivity index (χ2v) is 7.92. The van der Waals surface area contributed by atoms with E-state index in [9.17, 15) is 4.79 Å². The summed E-state index contributed by atoms with van der Waals surface area (Å²) >= 11 is 0. The standard InChI is InChI=1S/C14H30O4Si/c1-16-19(17-2,18-3)14-12-10-8-6-4-5-7-9-11-13-15/h13H,4-12,14H2,1-3H3. The fourth-order valence-corrected chi connectivity index (χ4v) is 3.98. The molecule has 0 amide bonds. The van der Waals surface area contributed by atoms with Gasteiger partial charge in [0.1, 0.15) is 6.29 Å². The van der Waals surface area contributed by atoms with Crippen LogP contribution in [0.4, 0.5) is 0 Å². The van der Waals surface area contributed by atoms with E-state index in [-0.39, 0.29) is 0 Å². The average Bonchev–Trinajstić information content (AvgIpc) is 2.46. The first-order valence-electron chi connectivity index (χ1n) is 7.33. The van der Waals surface area contributed by atoms with E-state index >= 15 is 0 Å². The van der Waals surface area contributed by atoms with Gasteiger partial charge in [-0.25, -0.2) is 0 Å². The van der Waals surface area contributed by atoms with Crippen molar-refractivity contribution < 1.29 is 18.1 Å². The third-order valence-electron chi connectivity index (χ3n) is 3.49. The normalized spacial score (nSPS) is 11.7. The Bertz CT molecular complexity index is 199. The Hall–Kier alpha value is -0.233. The number of hydrogen-bond acceptors (Lipinski definition) is 4. The van der Waals surface area contributed by atoms with Gasteiger partial charge in [0, 0.05) is 33.8 Å². The molecule has 0 aromatic rings. The third-order valence-corrected chi connectivity index (χ3v) is 6.32. The molecule has 19 heavy (non-hydrogen) atoms. The smallest absolute Gasteiger partial charge is 0.377 e. The maximum absolute atomic E-state index is 10.1. The molecule has 0 rings (SSSR count). The van der Waals surface area contributed by atoms with Gasteiger partial charge in [0.15, 0.2) is 0 Å². The van der Waals surface area contributed by atoms with Crippen LogP contribution in [0, 0.1) is 0 Å². The summed E-state index contributed by atoms with van der Waals surface area (Å²) in [4.78, 5) is 10.1. The first-order chi connectivity index (χ1) is 9.24. The molecule has 0 saturated carbocycles. The molecule has 4 nitrogen and oxygen atoms in total. The van der Waals surface area contributed by atoms with Crippen molar-refractivity contribution in [3.63, 3.8) is 0 Å². The molecule has 0 N–H and O–H groups in total. The van der Waals surface area contributed by atoms with Crippen LogP contribution < -0.4 is 0 Å². The van der Waals surface area contributed by atoms with E-state index in [0.717, 1.165) is 31.6 Å². The van der Waals surface area contributed by atoms with Crippen molar-refractivity contribution in [3.8, 4) is 0 Å². The molecule has 0 aromatic heterocycles. The lowest BCUT2D eigenvalue weighted by Crippen LogP contribution is -2.42. The second kappa shape index (κ2) is 12.8. The Morgan fingerprint density at radius 3 is 1.58 bits per heavy atom. The Kier molecular flexibility index (Phi) is 12.6. The van der Waals surface area contributed by atoms with E-state index in [2.05, 4.69) is 0 Å². The minimum absolute atomic E-state index is 0.720. The molecule has 0 saturated heterocycles. The molecule has 0 heterocycles. The van der Waals surface area contributed by atoms with Crippen molar-refractivity contribution in [3.05, 3.63) is 0 Å². The SMILES string of the molecule is CO[Si](CCCCCCCCCCC=O)(OC)OC. The van der Waals surface area contributed by atoms with Gasteiger partial charge in [-0.1, -0.05) is 38.5 Å². The van der Waals surface area contributed by atoms with Crippen molar-refractivity contribution in [2.45, 2.75) is 63.8 Å². The molecule has 5 heteroatoms. The molecule has 0 unspecified atom stereocenters. The number of aldehydes is 1. The van der Waals surface area contributed by atoms with Gasteiger partial charge < -0.3 is 18.1 Å². The summed E-state index contributed by atoms with van der Waals surface area (Å²) in [5.41, 5.74) is 0. The van der Waals surface area contributed by atoms with E-state index in [1.54, 1.807) is 21.3 Å². The van der Waals surface area contributed by atoms with Gasteiger partial charge in [-0.05, 0) is 12.8 Å². The van der Waals surface area contributed by atoms with Gasteiger partial charge in [0.2, 0.25) is 0 Å². The largest absolute Gasteiger partial charge is 0.500 e. The zero-order valence-electron chi connectivity index (χ0n) is 12.8. The number of carbonyl (C=O) groups excluding carboxylic acids is 1. The van der Waals surface area contributed by atoms with E-state index < -0.39 is 8.80 Å². The van der Waals surface area contributed by atoms with Crippen LogP contribution in [-0.4, -0.2) is 36.4 Å². The van der Waals surface area contributed by atoms with Crippen molar-refractivity contribution in [1.82, 2.24) is 0 Å². The number of unbranched alkanes of at least 4 members (excludes halogenated alkanes) is 8. The fraction of sp³-hybridized carbons (Fsp3) is 0.929. The lowest BCUT2D eigenvalue weighted by molar-refractivity contribution is -0.107. The zero-order valence-corrected chi connectivity index (χ0v) is 13.8. The fourth-order valence-electron chi connectivity index (χ4n) is 2.19. The summed E-state index contributed by atoms with van der Waals surface area (Å²) in [6, 6.07) is 0.899. The minimum atomic E-state index is -2.34. The molecule has 0 bridgehead atoms. The predicted octanol–water partition coefficient (Wildman–Crippen LogP) is 3.57. The predicted molar refractivity (Wildman–Crippen MR) is 79.2 cm³/mol. The summed E-state index contributed by atoms with van der Waals surface area (Å²) < 4.78 is 16.2. The maximum Gasteiger partial charge on any atom is 0.500 e. The molecular formula is C14H30O4Si. The third kappa shape index (κ3) is 9.32. The van der Waals surface area contributed by atoms with Crippen LogP contribution in [0.5, 0.6) is 0 Å². The summed E-state index contributed by atoms with van der Waals surface area (Å²) in [5, 5.41) is 0. The highest BCUT2D eigenvalue weighted by atomic mass is 28.4. The molecule has 114 valence electrons. The van der Waals surface area contributed by atoms with Crippen molar-refractivity contribution in [2.24, 2.45) is 0 Å².